The van der Waals surface area contributed by atoms with Crippen molar-refractivity contribution >= 4 is 11.7 Å². The normalized spacial score (nSPS) is 37.5. The fourth-order valence-electron chi connectivity index (χ4n) is 4.30. The lowest BCUT2D eigenvalue weighted by molar-refractivity contribution is -0.131. The van der Waals surface area contributed by atoms with Crippen molar-refractivity contribution in [2.24, 2.45) is 11.3 Å². The molecule has 3 heteroatoms. The van der Waals surface area contributed by atoms with E-state index in [1.807, 2.05) is 4.90 Å². The summed E-state index contributed by atoms with van der Waals surface area (Å²) in [5, 5.41) is 0. The molecule has 1 amide bonds. The van der Waals surface area contributed by atoms with E-state index >= 15 is 0 Å². The predicted octanol–water partition coefficient (Wildman–Crippen LogP) is 1.93. The number of ketones is 1. The minimum absolute atomic E-state index is 0.0520. The molecule has 1 aliphatic heterocycles. The van der Waals surface area contributed by atoms with Crippen molar-refractivity contribution in [3.63, 3.8) is 0 Å². The minimum atomic E-state index is -0.306. The fraction of sp³-hybridized carbons (Fsp3) is 0.625. The number of Topliss-reactive ketones (excluding diaryl/α,β-unsaturated/α-hetero) is 1. The largest absolute Gasteiger partial charge is 0.327 e. The monoisotopic (exact) mass is 257 g/mol. The molecular weight excluding hydrogens is 238 g/mol. The standard InChI is InChI=1S/C16H19NO2/c1-3-10-17-14-9-8-13(18)11-6-4-5-7-12(15(17)19)16(11,14)2/h1,6,12,14H,4-5,7-10H2,2H3/t12-,14-,16-/m1/s1. The Kier molecular flexibility index (Phi) is 2.78. The Morgan fingerprint density at radius 3 is 3.00 bits per heavy atom. The topological polar surface area (TPSA) is 37.4 Å². The van der Waals surface area contributed by atoms with Crippen LogP contribution >= 0.6 is 0 Å². The van der Waals surface area contributed by atoms with E-state index in [1.54, 1.807) is 0 Å². The van der Waals surface area contributed by atoms with Crippen LogP contribution in [0, 0.1) is 23.7 Å². The molecule has 2 aliphatic carbocycles. The van der Waals surface area contributed by atoms with E-state index in [-0.39, 0.29) is 29.1 Å². The van der Waals surface area contributed by atoms with E-state index in [0.29, 0.717) is 13.0 Å². The van der Waals surface area contributed by atoms with Crippen LogP contribution in [0.4, 0.5) is 0 Å². The van der Waals surface area contributed by atoms with Crippen LogP contribution in [-0.2, 0) is 9.59 Å². The smallest absolute Gasteiger partial charge is 0.227 e. The Morgan fingerprint density at radius 1 is 1.47 bits per heavy atom. The highest BCUT2D eigenvalue weighted by atomic mass is 16.2. The van der Waals surface area contributed by atoms with Crippen molar-refractivity contribution in [3.8, 4) is 12.3 Å². The Balaban J connectivity index is 2.11. The molecule has 1 saturated heterocycles. The summed E-state index contributed by atoms with van der Waals surface area (Å²) in [5.41, 5.74) is 0.596. The van der Waals surface area contributed by atoms with Crippen LogP contribution < -0.4 is 0 Å². The number of rotatable bonds is 1. The molecule has 0 spiro atoms. The second kappa shape index (κ2) is 4.23. The van der Waals surface area contributed by atoms with Crippen molar-refractivity contribution in [1.82, 2.24) is 4.90 Å². The van der Waals surface area contributed by atoms with Gasteiger partial charge in [-0.05, 0) is 31.3 Å². The number of terminal acetylenes is 1. The van der Waals surface area contributed by atoms with Gasteiger partial charge in [-0.3, -0.25) is 9.59 Å². The van der Waals surface area contributed by atoms with Crippen molar-refractivity contribution in [3.05, 3.63) is 11.6 Å². The number of hydrogen-bond donors (Lipinski definition) is 0. The molecule has 0 unspecified atom stereocenters. The highest BCUT2D eigenvalue weighted by molar-refractivity contribution is 6.00. The number of nitrogens with zero attached hydrogens (tertiary/aromatic N) is 1. The Bertz CT molecular complexity index is 513. The van der Waals surface area contributed by atoms with Crippen LogP contribution in [0.15, 0.2) is 11.6 Å². The Labute approximate surface area is 114 Å². The predicted molar refractivity (Wildman–Crippen MR) is 72.1 cm³/mol. The molecule has 3 rings (SSSR count). The van der Waals surface area contributed by atoms with Gasteiger partial charge in [0.05, 0.1) is 6.54 Å². The molecule has 0 aromatic rings. The fourth-order valence-corrected chi connectivity index (χ4v) is 4.30. The molecule has 1 heterocycles. The second-order valence-corrected chi connectivity index (χ2v) is 6.03. The first-order chi connectivity index (χ1) is 9.10. The van der Waals surface area contributed by atoms with Crippen LogP contribution in [0.1, 0.15) is 39.0 Å². The quantitative estimate of drug-likeness (QED) is 0.673. The zero-order valence-corrected chi connectivity index (χ0v) is 11.3. The molecule has 19 heavy (non-hydrogen) atoms. The number of carbonyl (C=O) groups excluding carboxylic acids is 2. The van der Waals surface area contributed by atoms with E-state index in [1.165, 1.54) is 0 Å². The van der Waals surface area contributed by atoms with Gasteiger partial charge in [-0.25, -0.2) is 0 Å². The van der Waals surface area contributed by atoms with E-state index in [9.17, 15) is 9.59 Å². The first-order valence-electron chi connectivity index (χ1n) is 7.08. The zero-order chi connectivity index (χ0) is 13.6. The summed E-state index contributed by atoms with van der Waals surface area (Å²) in [6.45, 7) is 2.47. The second-order valence-electron chi connectivity index (χ2n) is 6.03. The maximum Gasteiger partial charge on any atom is 0.227 e. The van der Waals surface area contributed by atoms with Crippen LogP contribution in [0.3, 0.4) is 0 Å². The maximum atomic E-state index is 12.6. The van der Waals surface area contributed by atoms with Gasteiger partial charge in [0, 0.05) is 23.8 Å². The molecule has 3 nitrogen and oxygen atoms in total. The lowest BCUT2D eigenvalue weighted by Crippen LogP contribution is -2.46. The van der Waals surface area contributed by atoms with Crippen LogP contribution in [-0.4, -0.2) is 29.2 Å². The van der Waals surface area contributed by atoms with Gasteiger partial charge in [-0.2, -0.15) is 0 Å². The molecule has 0 N–H and O–H groups in total. The molecular formula is C16H19NO2. The summed E-state index contributed by atoms with van der Waals surface area (Å²) in [5.74, 6) is 2.94. The molecule has 2 fully saturated rings. The third-order valence-corrected chi connectivity index (χ3v) is 5.21. The van der Waals surface area contributed by atoms with Gasteiger partial charge in [-0.1, -0.05) is 18.9 Å². The number of amides is 1. The number of likely N-dealkylation sites (tertiary alicyclic amines) is 1. The van der Waals surface area contributed by atoms with Crippen LogP contribution in [0.25, 0.3) is 0 Å². The first-order valence-corrected chi connectivity index (χ1v) is 7.08. The highest BCUT2D eigenvalue weighted by Crippen LogP contribution is 2.55. The molecule has 3 aliphatic rings. The van der Waals surface area contributed by atoms with Gasteiger partial charge in [0.2, 0.25) is 5.91 Å². The third kappa shape index (κ3) is 1.52. The lowest BCUT2D eigenvalue weighted by Gasteiger charge is -2.41. The van der Waals surface area contributed by atoms with Crippen LogP contribution in [0.5, 0.6) is 0 Å². The van der Waals surface area contributed by atoms with Crippen molar-refractivity contribution in [2.45, 2.75) is 45.1 Å². The van der Waals surface area contributed by atoms with Gasteiger partial charge >= 0.3 is 0 Å². The average Bonchev–Trinajstić information content (AvgIpc) is 2.53. The zero-order valence-electron chi connectivity index (χ0n) is 11.3. The summed E-state index contributed by atoms with van der Waals surface area (Å²) in [6, 6.07) is 0.114. The lowest BCUT2D eigenvalue weighted by atomic mass is 9.63. The van der Waals surface area contributed by atoms with E-state index < -0.39 is 0 Å². The van der Waals surface area contributed by atoms with Crippen LogP contribution in [0.2, 0.25) is 0 Å². The third-order valence-electron chi connectivity index (χ3n) is 5.21. The van der Waals surface area contributed by atoms with Crippen molar-refractivity contribution < 1.29 is 9.59 Å². The molecule has 0 aromatic carbocycles. The van der Waals surface area contributed by atoms with Gasteiger partial charge in [-0.15, -0.1) is 6.42 Å². The molecule has 1 saturated carbocycles. The van der Waals surface area contributed by atoms with Gasteiger partial charge < -0.3 is 4.90 Å². The average molecular weight is 257 g/mol. The Morgan fingerprint density at radius 2 is 2.26 bits per heavy atom. The molecule has 0 aromatic heterocycles. The highest BCUT2D eigenvalue weighted by Gasteiger charge is 2.60. The summed E-state index contributed by atoms with van der Waals surface area (Å²) in [6.07, 6.45) is 11.6. The molecule has 0 bridgehead atoms. The minimum Gasteiger partial charge on any atom is -0.327 e. The summed E-state index contributed by atoms with van der Waals surface area (Å²) in [7, 11) is 0. The first kappa shape index (κ1) is 12.5. The molecule has 3 atom stereocenters. The molecule has 100 valence electrons. The number of allylic oxidation sites excluding steroid dienone is 1. The molecule has 0 radical (unpaired) electrons. The summed E-state index contributed by atoms with van der Waals surface area (Å²) < 4.78 is 0. The number of carbonyl (C=O) groups is 2. The van der Waals surface area contributed by atoms with Gasteiger partial charge in [0.15, 0.2) is 5.78 Å². The van der Waals surface area contributed by atoms with Crippen molar-refractivity contribution in [2.75, 3.05) is 6.54 Å². The summed E-state index contributed by atoms with van der Waals surface area (Å²) >= 11 is 0. The van der Waals surface area contributed by atoms with E-state index in [4.69, 9.17) is 6.42 Å². The SMILES string of the molecule is C#CCN1C(=O)[C@H]2CCCC=C3C(=O)CC[C@@H]1[C@]32C. The van der Waals surface area contributed by atoms with E-state index in [2.05, 4.69) is 18.9 Å². The Hall–Kier alpha value is -1.56. The summed E-state index contributed by atoms with van der Waals surface area (Å²) in [4.78, 5) is 26.7. The maximum absolute atomic E-state index is 12.6. The van der Waals surface area contributed by atoms with E-state index in [0.717, 1.165) is 31.3 Å². The van der Waals surface area contributed by atoms with Gasteiger partial charge in [0.25, 0.3) is 0 Å². The number of hydrogen-bond acceptors (Lipinski definition) is 2. The van der Waals surface area contributed by atoms with Crippen molar-refractivity contribution in [1.29, 1.82) is 0 Å². The van der Waals surface area contributed by atoms with Gasteiger partial charge in [0.1, 0.15) is 0 Å².